The van der Waals surface area contributed by atoms with Crippen molar-refractivity contribution in [2.45, 2.75) is 6.92 Å². The van der Waals surface area contributed by atoms with E-state index in [9.17, 15) is 9.70 Å². The van der Waals surface area contributed by atoms with Gasteiger partial charge >= 0.3 is 0 Å². The van der Waals surface area contributed by atoms with Crippen LogP contribution in [0.3, 0.4) is 0 Å². The highest BCUT2D eigenvalue weighted by Gasteiger charge is 2.09. The zero-order valence-corrected chi connectivity index (χ0v) is 4.63. The van der Waals surface area contributed by atoms with E-state index in [1.165, 1.54) is 0 Å². The molecule has 1 unspecified atom stereocenters. The summed E-state index contributed by atoms with van der Waals surface area (Å²) in [6, 6.07) is 0. The summed E-state index contributed by atoms with van der Waals surface area (Å²) in [5, 5.41) is 2.19. The highest BCUT2D eigenvalue weighted by molar-refractivity contribution is 5.79. The summed E-state index contributed by atoms with van der Waals surface area (Å²) in [5.74, 6) is -1.10. The van der Waals surface area contributed by atoms with E-state index in [0.717, 1.165) is 0 Å². The van der Waals surface area contributed by atoms with E-state index >= 15 is 0 Å². The number of nitrogens with two attached hydrogens (primary N) is 1. The summed E-state index contributed by atoms with van der Waals surface area (Å²) in [6.45, 7) is 1.74. The van der Waals surface area contributed by atoms with Gasteiger partial charge in [0.15, 0.2) is 0 Å². The molecule has 46 valence electrons. The first-order chi connectivity index (χ1) is 3.72. The van der Waals surface area contributed by atoms with Crippen LogP contribution >= 0.6 is 0 Å². The van der Waals surface area contributed by atoms with Crippen LogP contribution in [0.5, 0.6) is 0 Å². The Balaban J connectivity index is 3.62. The second kappa shape index (κ2) is 3.26. The van der Waals surface area contributed by atoms with E-state index < -0.39 is 11.8 Å². The fourth-order valence-electron chi connectivity index (χ4n) is 0.191. The molecule has 0 bridgehead atoms. The molecule has 0 saturated carbocycles. The van der Waals surface area contributed by atoms with Gasteiger partial charge in [0.05, 0.1) is 5.92 Å². The highest BCUT2D eigenvalue weighted by atomic mass is 16.3. The summed E-state index contributed by atoms with van der Waals surface area (Å²) in [6.07, 6.45) is 0. The van der Waals surface area contributed by atoms with Gasteiger partial charge in [-0.05, 0) is 0 Å². The maximum atomic E-state index is 10.2. The lowest BCUT2D eigenvalue weighted by Crippen LogP contribution is -2.18. The van der Waals surface area contributed by atoms with Gasteiger partial charge < -0.3 is 5.73 Å². The molecule has 0 aromatic carbocycles. The van der Waals surface area contributed by atoms with Crippen molar-refractivity contribution in [3.63, 3.8) is 0 Å². The Morgan fingerprint density at radius 3 is 2.50 bits per heavy atom. The molecule has 1 amide bonds. The second-order valence-electron chi connectivity index (χ2n) is 1.57. The van der Waals surface area contributed by atoms with Gasteiger partial charge in [0, 0.05) is 11.7 Å². The summed E-state index contributed by atoms with van der Waals surface area (Å²) >= 11 is 0. The van der Waals surface area contributed by atoms with Crippen LogP contribution in [-0.2, 0) is 4.79 Å². The summed E-state index contributed by atoms with van der Waals surface area (Å²) in [5.41, 5.74) is 5.03. The molecule has 8 heavy (non-hydrogen) atoms. The van der Waals surface area contributed by atoms with Crippen molar-refractivity contribution in [2.24, 2.45) is 16.8 Å². The lowest BCUT2D eigenvalue weighted by atomic mass is 10.2. The number of nitrogens with zero attached hydrogens (tertiary/aromatic N) is 1. The monoisotopic (exact) mass is 116 g/mol. The summed E-state index contributed by atoms with van der Waals surface area (Å²) in [7, 11) is 0. The van der Waals surface area contributed by atoms with Gasteiger partial charge in [0.1, 0.15) is 0 Å². The van der Waals surface area contributed by atoms with Crippen molar-refractivity contribution in [3.05, 3.63) is 4.91 Å². The molecule has 4 heteroatoms. The van der Waals surface area contributed by atoms with Crippen LogP contribution in [0.1, 0.15) is 6.92 Å². The first kappa shape index (κ1) is 7.23. The van der Waals surface area contributed by atoms with Gasteiger partial charge in [-0.2, -0.15) is 0 Å². The molecule has 0 heterocycles. The Kier molecular flexibility index (Phi) is 2.95. The fourth-order valence-corrected chi connectivity index (χ4v) is 0.191. The minimum atomic E-state index is -0.674. The van der Waals surface area contributed by atoms with Crippen molar-refractivity contribution in [3.8, 4) is 0 Å². The molecule has 0 rings (SSSR count). The van der Waals surface area contributed by atoms with Gasteiger partial charge in [-0.25, -0.2) is 0 Å². The average Bonchev–Trinajstić information content (AvgIpc) is 1.84. The van der Waals surface area contributed by atoms with Crippen molar-refractivity contribution in [2.75, 3.05) is 6.54 Å². The number of nitroso groups, excluding NO2 is 1. The molecule has 0 aromatic heterocycles. The average molecular weight is 116 g/mol. The molecular weight excluding hydrogens is 108 g/mol. The Hall–Kier alpha value is -0.770. The topological polar surface area (TPSA) is 72.5 Å². The van der Waals surface area contributed by atoms with E-state index in [1.807, 2.05) is 0 Å². The lowest BCUT2D eigenvalue weighted by molar-refractivity contribution is -0.120. The normalized spacial score (nSPS) is 12.8. The maximum absolute atomic E-state index is 10.2. The van der Waals surface area contributed by atoms with Crippen molar-refractivity contribution < 1.29 is 4.79 Å². The third kappa shape index (κ3) is 1.79. The molecule has 0 spiro atoms. The first-order valence-electron chi connectivity index (χ1n) is 2.29. The van der Waals surface area contributed by atoms with E-state index in [-0.39, 0.29) is 6.54 Å². The van der Waals surface area contributed by atoms with Gasteiger partial charge in [0.2, 0.25) is 0 Å². The Morgan fingerprint density at radius 1 is 1.88 bits per heavy atom. The van der Waals surface area contributed by atoms with E-state index in [0.29, 0.717) is 0 Å². The molecule has 2 N–H and O–H groups in total. The highest BCUT2D eigenvalue weighted by Crippen LogP contribution is 1.92. The van der Waals surface area contributed by atoms with Crippen LogP contribution in [0.25, 0.3) is 0 Å². The molecule has 0 radical (unpaired) electrons. The molecule has 0 fully saturated rings. The number of amides is 1. The molecule has 0 aliphatic carbocycles. The second-order valence-corrected chi connectivity index (χ2v) is 1.57. The van der Waals surface area contributed by atoms with Crippen LogP contribution in [0.2, 0.25) is 0 Å². The van der Waals surface area contributed by atoms with Crippen LogP contribution in [0.4, 0.5) is 0 Å². The van der Waals surface area contributed by atoms with Crippen molar-refractivity contribution in [1.29, 1.82) is 0 Å². The smallest absolute Gasteiger partial charge is 0.290 e. The van der Waals surface area contributed by atoms with Gasteiger partial charge in [0.25, 0.3) is 5.91 Å². The van der Waals surface area contributed by atoms with Gasteiger partial charge in [-0.1, -0.05) is 6.92 Å². The minimum absolute atomic E-state index is 0.185. The quantitative estimate of drug-likeness (QED) is 0.511. The molecule has 4 nitrogen and oxygen atoms in total. The number of carbonyl (C=O) groups is 1. The van der Waals surface area contributed by atoms with Crippen LogP contribution in [-0.4, -0.2) is 12.5 Å². The molecular formula is C4H8N2O2. The predicted octanol–water partition coefficient (Wildman–Crippen LogP) is -0.126. The Bertz CT molecular complexity index is 102. The van der Waals surface area contributed by atoms with Gasteiger partial charge in [-0.15, -0.1) is 4.91 Å². The standard InChI is InChI=1S/C4H8N2O2/c1-3(2-5)4(7)6-8/h3H,2,5H2,1H3. The summed E-state index contributed by atoms with van der Waals surface area (Å²) in [4.78, 5) is 19.6. The Labute approximate surface area is 47.0 Å². The molecule has 0 saturated heterocycles. The largest absolute Gasteiger partial charge is 0.330 e. The predicted molar refractivity (Wildman–Crippen MR) is 29.0 cm³/mol. The van der Waals surface area contributed by atoms with E-state index in [4.69, 9.17) is 5.73 Å². The Morgan fingerprint density at radius 2 is 2.38 bits per heavy atom. The number of rotatable bonds is 2. The van der Waals surface area contributed by atoms with Crippen molar-refractivity contribution >= 4 is 5.91 Å². The third-order valence-corrected chi connectivity index (χ3v) is 0.865. The molecule has 0 aliphatic heterocycles. The van der Waals surface area contributed by atoms with E-state index in [1.54, 1.807) is 6.92 Å². The zero-order valence-electron chi connectivity index (χ0n) is 4.63. The maximum Gasteiger partial charge on any atom is 0.290 e. The number of hydrogen-bond donors (Lipinski definition) is 1. The lowest BCUT2D eigenvalue weighted by Gasteiger charge is -1.95. The SMILES string of the molecule is CC(CN)C(=O)N=O. The first-order valence-corrected chi connectivity index (χ1v) is 2.29. The van der Waals surface area contributed by atoms with Crippen molar-refractivity contribution in [1.82, 2.24) is 0 Å². The van der Waals surface area contributed by atoms with E-state index in [2.05, 4.69) is 5.18 Å². The van der Waals surface area contributed by atoms with Crippen LogP contribution in [0.15, 0.2) is 5.18 Å². The van der Waals surface area contributed by atoms with Crippen LogP contribution < -0.4 is 5.73 Å². The van der Waals surface area contributed by atoms with Gasteiger partial charge in [-0.3, -0.25) is 4.79 Å². The fraction of sp³-hybridized carbons (Fsp3) is 0.750. The molecule has 0 aromatic rings. The zero-order chi connectivity index (χ0) is 6.57. The third-order valence-electron chi connectivity index (χ3n) is 0.865. The number of hydrogen-bond acceptors (Lipinski definition) is 3. The van der Waals surface area contributed by atoms with Crippen LogP contribution in [0, 0.1) is 10.8 Å². The molecule has 1 atom stereocenters. The molecule has 0 aliphatic rings. The summed E-state index contributed by atoms with van der Waals surface area (Å²) < 4.78 is 0. The number of carbonyl (C=O) groups excluding carboxylic acids is 1. The minimum Gasteiger partial charge on any atom is -0.330 e.